The van der Waals surface area contributed by atoms with Crippen LogP contribution in [0.1, 0.15) is 0 Å². The molecule has 0 spiro atoms. The highest BCUT2D eigenvalue weighted by molar-refractivity contribution is 5.65. The van der Waals surface area contributed by atoms with E-state index < -0.39 is 0 Å². The lowest BCUT2D eigenvalue weighted by Gasteiger charge is -2.53. The molecule has 0 radical (unpaired) electrons. The molecule has 2 aliphatic rings. The molecule has 50 valence electrons. The van der Waals surface area contributed by atoms with Crippen molar-refractivity contribution in [2.24, 2.45) is 11.8 Å². The molecule has 0 heteroatoms. The Hall–Kier alpha value is -1.04. The first-order valence-electron chi connectivity index (χ1n) is 3.40. The Morgan fingerprint density at radius 3 is 1.00 bits per heavy atom. The molecule has 10 heavy (non-hydrogen) atoms. The van der Waals surface area contributed by atoms with Gasteiger partial charge in [-0.2, -0.15) is 0 Å². The first-order valence-corrected chi connectivity index (χ1v) is 3.40. The van der Waals surface area contributed by atoms with Gasteiger partial charge in [0.05, 0.1) is 0 Å². The minimum atomic E-state index is 0.514. The van der Waals surface area contributed by atoms with Gasteiger partial charge in [0.1, 0.15) is 0 Å². The highest BCUT2D eigenvalue weighted by Gasteiger charge is 2.50. The van der Waals surface area contributed by atoms with Crippen LogP contribution in [0.15, 0.2) is 48.6 Å². The van der Waals surface area contributed by atoms with Gasteiger partial charge in [-0.15, -0.1) is 0 Å². The summed E-state index contributed by atoms with van der Waals surface area (Å²) in [7, 11) is 0. The van der Waals surface area contributed by atoms with Crippen molar-refractivity contribution < 1.29 is 0 Å². The monoisotopic (exact) mass is 130 g/mol. The normalized spacial score (nSPS) is 36.8. The molecule has 0 heterocycles. The molecule has 0 atom stereocenters. The van der Waals surface area contributed by atoms with Crippen molar-refractivity contribution >= 4 is 0 Å². The van der Waals surface area contributed by atoms with E-state index in [9.17, 15) is 0 Å². The summed E-state index contributed by atoms with van der Waals surface area (Å²) in [5, 5.41) is 0. The number of rotatable bonds is 0. The van der Waals surface area contributed by atoms with Gasteiger partial charge in [-0.25, -0.2) is 0 Å². The molecular formula is C10H10. The van der Waals surface area contributed by atoms with Crippen molar-refractivity contribution in [3.63, 3.8) is 0 Å². The van der Waals surface area contributed by atoms with Gasteiger partial charge >= 0.3 is 0 Å². The summed E-state index contributed by atoms with van der Waals surface area (Å²) in [5.74, 6) is 1.03. The Bertz CT molecular complexity index is 220. The molecule has 0 aromatic heterocycles. The van der Waals surface area contributed by atoms with Crippen molar-refractivity contribution in [1.29, 1.82) is 0 Å². The van der Waals surface area contributed by atoms with Crippen LogP contribution in [-0.2, 0) is 0 Å². The highest BCUT2D eigenvalue weighted by Crippen LogP contribution is 2.61. The third kappa shape index (κ3) is 0.340. The molecule has 0 N–H and O–H groups in total. The van der Waals surface area contributed by atoms with Crippen LogP contribution in [0.2, 0.25) is 0 Å². The number of fused-ring (bicyclic) bond motifs is 1. The molecule has 0 amide bonds. The predicted molar refractivity (Wildman–Crippen MR) is 43.5 cm³/mol. The van der Waals surface area contributed by atoms with Crippen LogP contribution in [0.25, 0.3) is 0 Å². The van der Waals surface area contributed by atoms with Crippen molar-refractivity contribution in [3.05, 3.63) is 48.6 Å². The quantitative estimate of drug-likeness (QED) is 0.472. The summed E-state index contributed by atoms with van der Waals surface area (Å²) in [4.78, 5) is 0. The van der Waals surface area contributed by atoms with Crippen molar-refractivity contribution in [2.45, 2.75) is 0 Å². The van der Waals surface area contributed by atoms with Gasteiger partial charge in [-0.1, -0.05) is 26.3 Å². The third-order valence-corrected chi connectivity index (χ3v) is 2.66. The molecule has 2 fully saturated rings. The molecule has 0 bridgehead atoms. The predicted octanol–water partition coefficient (Wildman–Crippen LogP) is 2.47. The first kappa shape index (κ1) is 5.72. The van der Waals surface area contributed by atoms with E-state index in [1.165, 1.54) is 22.3 Å². The first-order chi connectivity index (χ1) is 4.64. The summed E-state index contributed by atoms with van der Waals surface area (Å²) >= 11 is 0. The average molecular weight is 130 g/mol. The van der Waals surface area contributed by atoms with E-state index in [1.807, 2.05) is 0 Å². The second-order valence-electron chi connectivity index (χ2n) is 3.06. The summed E-state index contributed by atoms with van der Waals surface area (Å²) in [6.07, 6.45) is 0. The lowest BCUT2D eigenvalue weighted by atomic mass is 9.50. The fourth-order valence-electron chi connectivity index (χ4n) is 1.83. The molecule has 0 aliphatic heterocycles. The van der Waals surface area contributed by atoms with Crippen LogP contribution >= 0.6 is 0 Å². The zero-order valence-electron chi connectivity index (χ0n) is 5.98. The Morgan fingerprint density at radius 1 is 0.600 bits per heavy atom. The molecule has 0 nitrogen and oxygen atoms in total. The van der Waals surface area contributed by atoms with Crippen molar-refractivity contribution in [1.82, 2.24) is 0 Å². The summed E-state index contributed by atoms with van der Waals surface area (Å²) in [5.41, 5.74) is 4.68. The fourth-order valence-corrected chi connectivity index (χ4v) is 1.83. The maximum absolute atomic E-state index is 3.91. The SMILES string of the molecule is C=C1C(=C)C2C(=C)C(=C)C12. The summed E-state index contributed by atoms with van der Waals surface area (Å²) < 4.78 is 0. The Labute approximate surface area is 61.3 Å². The summed E-state index contributed by atoms with van der Waals surface area (Å²) in [6, 6.07) is 0. The standard InChI is InChI=1S/C10H10/c1-5-6(2)10-8(4)7(3)9(5)10/h9-10H,1-4H2. The molecule has 2 saturated carbocycles. The minimum absolute atomic E-state index is 0.514. The van der Waals surface area contributed by atoms with Gasteiger partial charge in [-0.05, 0) is 22.3 Å². The van der Waals surface area contributed by atoms with Gasteiger partial charge in [0.2, 0.25) is 0 Å². The van der Waals surface area contributed by atoms with E-state index in [0.717, 1.165) is 0 Å². The van der Waals surface area contributed by atoms with Gasteiger partial charge in [0, 0.05) is 11.8 Å². The topological polar surface area (TPSA) is 0 Å². The Balaban J connectivity index is 2.37. The van der Waals surface area contributed by atoms with Gasteiger partial charge in [0.25, 0.3) is 0 Å². The van der Waals surface area contributed by atoms with E-state index >= 15 is 0 Å². The van der Waals surface area contributed by atoms with Crippen LogP contribution in [0.3, 0.4) is 0 Å². The van der Waals surface area contributed by atoms with Crippen molar-refractivity contribution in [3.8, 4) is 0 Å². The van der Waals surface area contributed by atoms with E-state index in [-0.39, 0.29) is 0 Å². The molecule has 0 saturated heterocycles. The van der Waals surface area contributed by atoms with Gasteiger partial charge in [-0.3, -0.25) is 0 Å². The van der Waals surface area contributed by atoms with E-state index in [2.05, 4.69) is 26.3 Å². The second kappa shape index (κ2) is 1.34. The zero-order valence-corrected chi connectivity index (χ0v) is 5.98. The maximum Gasteiger partial charge on any atom is 0.0192 e. The van der Waals surface area contributed by atoms with Crippen LogP contribution in [0.4, 0.5) is 0 Å². The van der Waals surface area contributed by atoms with Gasteiger partial charge in [0.15, 0.2) is 0 Å². The Morgan fingerprint density at radius 2 is 0.800 bits per heavy atom. The average Bonchev–Trinajstić information content (AvgIpc) is 1.95. The molecule has 0 unspecified atom stereocenters. The smallest absolute Gasteiger partial charge is 0.0192 e. The molecule has 0 aromatic rings. The van der Waals surface area contributed by atoms with Crippen LogP contribution in [0.5, 0.6) is 0 Å². The zero-order chi connectivity index (χ0) is 7.46. The fraction of sp³-hybridized carbons (Fsp3) is 0.200. The lowest BCUT2D eigenvalue weighted by Crippen LogP contribution is -2.43. The molecule has 2 rings (SSSR count). The lowest BCUT2D eigenvalue weighted by molar-refractivity contribution is 0.407. The maximum atomic E-state index is 3.91. The number of allylic oxidation sites excluding steroid dienone is 4. The minimum Gasteiger partial charge on any atom is -0.0949 e. The van der Waals surface area contributed by atoms with Crippen LogP contribution in [-0.4, -0.2) is 0 Å². The van der Waals surface area contributed by atoms with Crippen LogP contribution < -0.4 is 0 Å². The van der Waals surface area contributed by atoms with Crippen LogP contribution in [0, 0.1) is 11.8 Å². The summed E-state index contributed by atoms with van der Waals surface area (Å²) in [6.45, 7) is 15.6. The van der Waals surface area contributed by atoms with Crippen molar-refractivity contribution in [2.75, 3.05) is 0 Å². The highest BCUT2D eigenvalue weighted by atomic mass is 14.5. The van der Waals surface area contributed by atoms with E-state index in [1.54, 1.807) is 0 Å². The third-order valence-electron chi connectivity index (χ3n) is 2.66. The van der Waals surface area contributed by atoms with E-state index in [0.29, 0.717) is 11.8 Å². The second-order valence-corrected chi connectivity index (χ2v) is 3.06. The largest absolute Gasteiger partial charge is 0.0949 e. The van der Waals surface area contributed by atoms with Gasteiger partial charge < -0.3 is 0 Å². The number of hydrogen-bond donors (Lipinski definition) is 0. The molecule has 2 aliphatic carbocycles. The number of hydrogen-bond acceptors (Lipinski definition) is 0. The molecule has 0 aromatic carbocycles. The Kier molecular flexibility index (Phi) is 0.767. The van der Waals surface area contributed by atoms with E-state index in [4.69, 9.17) is 0 Å². The molecular weight excluding hydrogens is 120 g/mol.